The third-order valence-corrected chi connectivity index (χ3v) is 7.38. The van der Waals surface area contributed by atoms with Crippen molar-refractivity contribution in [2.45, 2.75) is 18.4 Å². The molecule has 0 aliphatic rings. The van der Waals surface area contributed by atoms with Gasteiger partial charge in [0.25, 0.3) is 15.9 Å². The Kier molecular flexibility index (Phi) is 6.34. The van der Waals surface area contributed by atoms with Crippen molar-refractivity contribution in [2.24, 2.45) is 0 Å². The second-order valence-corrected chi connectivity index (χ2v) is 9.83. The number of thiazole rings is 1. The van der Waals surface area contributed by atoms with Crippen LogP contribution in [0.2, 0.25) is 0 Å². The van der Waals surface area contributed by atoms with Gasteiger partial charge in [-0.3, -0.25) is 14.4 Å². The summed E-state index contributed by atoms with van der Waals surface area (Å²) in [6.45, 7) is 2.01. The normalized spacial score (nSPS) is 11.2. The van der Waals surface area contributed by atoms with Crippen molar-refractivity contribution in [3.8, 4) is 0 Å². The van der Waals surface area contributed by atoms with Crippen molar-refractivity contribution >= 4 is 38.1 Å². The number of nitrogens with zero attached hydrogens (tertiary/aromatic N) is 2. The molecule has 3 aromatic carbocycles. The van der Waals surface area contributed by atoms with Crippen molar-refractivity contribution < 1.29 is 13.2 Å². The highest BCUT2D eigenvalue weighted by molar-refractivity contribution is 7.92. The van der Waals surface area contributed by atoms with Crippen LogP contribution in [0, 0.1) is 6.92 Å². The lowest BCUT2D eigenvalue weighted by atomic mass is 10.2. The molecule has 8 heteroatoms. The molecule has 32 heavy (non-hydrogen) atoms. The van der Waals surface area contributed by atoms with Gasteiger partial charge in [-0.15, -0.1) is 11.3 Å². The molecular formula is C24H21N3O3S2. The van der Waals surface area contributed by atoms with Crippen molar-refractivity contribution in [2.75, 3.05) is 9.62 Å². The average molecular weight is 464 g/mol. The summed E-state index contributed by atoms with van der Waals surface area (Å²) in [4.78, 5) is 16.9. The Morgan fingerprint density at radius 2 is 1.66 bits per heavy atom. The van der Waals surface area contributed by atoms with Gasteiger partial charge in [0.1, 0.15) is 0 Å². The number of nitrogens with one attached hydrogen (secondary N) is 1. The van der Waals surface area contributed by atoms with Crippen LogP contribution in [0.25, 0.3) is 0 Å². The van der Waals surface area contributed by atoms with Crippen molar-refractivity contribution in [1.82, 2.24) is 4.98 Å². The van der Waals surface area contributed by atoms with E-state index in [1.165, 1.54) is 27.8 Å². The number of sulfonamides is 1. The van der Waals surface area contributed by atoms with Gasteiger partial charge in [0.15, 0.2) is 5.13 Å². The van der Waals surface area contributed by atoms with Gasteiger partial charge in [0.2, 0.25) is 0 Å². The van der Waals surface area contributed by atoms with E-state index in [0.717, 1.165) is 11.3 Å². The van der Waals surface area contributed by atoms with Gasteiger partial charge in [0, 0.05) is 10.9 Å². The lowest BCUT2D eigenvalue weighted by molar-refractivity contribution is 0.102. The van der Waals surface area contributed by atoms with E-state index < -0.39 is 15.9 Å². The molecule has 0 aliphatic carbocycles. The molecule has 0 aliphatic heterocycles. The number of amides is 1. The minimum atomic E-state index is -3.94. The van der Waals surface area contributed by atoms with Crippen LogP contribution in [0.3, 0.4) is 0 Å². The van der Waals surface area contributed by atoms with Gasteiger partial charge >= 0.3 is 0 Å². The van der Waals surface area contributed by atoms with Crippen LogP contribution in [0.5, 0.6) is 0 Å². The number of carbonyl (C=O) groups excluding carboxylic acids is 1. The average Bonchev–Trinajstić information content (AvgIpc) is 3.23. The highest BCUT2D eigenvalue weighted by Gasteiger charge is 2.26. The Bertz CT molecular complexity index is 1320. The molecule has 1 amide bonds. The zero-order chi connectivity index (χ0) is 22.6. The van der Waals surface area contributed by atoms with Crippen LogP contribution in [0.15, 0.2) is 95.2 Å². The van der Waals surface area contributed by atoms with Crippen LogP contribution < -0.4 is 9.62 Å². The summed E-state index contributed by atoms with van der Waals surface area (Å²) < 4.78 is 28.7. The van der Waals surface area contributed by atoms with E-state index in [1.807, 2.05) is 48.7 Å². The number of rotatable bonds is 7. The number of aromatic nitrogens is 1. The van der Waals surface area contributed by atoms with Gasteiger partial charge in [-0.25, -0.2) is 13.4 Å². The molecule has 1 heterocycles. The summed E-state index contributed by atoms with van der Waals surface area (Å²) in [6, 6.07) is 24.4. The first kappa shape index (κ1) is 21.7. The van der Waals surface area contributed by atoms with Gasteiger partial charge in [-0.2, -0.15) is 0 Å². The van der Waals surface area contributed by atoms with Crippen molar-refractivity contribution in [3.63, 3.8) is 0 Å². The summed E-state index contributed by atoms with van der Waals surface area (Å²) in [7, 11) is -3.94. The zero-order valence-corrected chi connectivity index (χ0v) is 18.9. The minimum absolute atomic E-state index is 0.0419. The third kappa shape index (κ3) is 4.87. The summed E-state index contributed by atoms with van der Waals surface area (Å²) in [5, 5.41) is 5.02. The molecule has 0 spiro atoms. The van der Waals surface area contributed by atoms with Crippen LogP contribution in [-0.2, 0) is 16.6 Å². The molecule has 0 fully saturated rings. The van der Waals surface area contributed by atoms with Crippen molar-refractivity contribution in [1.29, 1.82) is 0 Å². The summed E-state index contributed by atoms with van der Waals surface area (Å²) >= 11 is 1.32. The molecule has 1 N–H and O–H groups in total. The number of carbonyl (C=O) groups is 1. The third-order valence-electron chi connectivity index (χ3n) is 4.74. The topological polar surface area (TPSA) is 79.4 Å². The second-order valence-electron chi connectivity index (χ2n) is 7.11. The molecule has 0 saturated carbocycles. The maximum Gasteiger partial charge on any atom is 0.264 e. The lowest BCUT2D eigenvalue weighted by Crippen LogP contribution is -2.30. The predicted octanol–water partition coefficient (Wildman–Crippen LogP) is 5.10. The fraction of sp³-hybridized carbons (Fsp3) is 0.0833. The van der Waals surface area contributed by atoms with E-state index in [2.05, 4.69) is 10.3 Å². The molecule has 0 radical (unpaired) electrons. The molecule has 0 atom stereocenters. The quantitative estimate of drug-likeness (QED) is 0.414. The lowest BCUT2D eigenvalue weighted by Gasteiger charge is -2.25. The fourth-order valence-electron chi connectivity index (χ4n) is 3.16. The first-order chi connectivity index (χ1) is 15.4. The van der Waals surface area contributed by atoms with Gasteiger partial charge in [-0.05, 0) is 42.8 Å². The van der Waals surface area contributed by atoms with E-state index in [4.69, 9.17) is 0 Å². The molecule has 6 nitrogen and oxygen atoms in total. The van der Waals surface area contributed by atoms with E-state index in [0.29, 0.717) is 10.8 Å². The predicted molar refractivity (Wildman–Crippen MR) is 127 cm³/mol. The number of hydrogen-bond acceptors (Lipinski definition) is 5. The first-order valence-corrected chi connectivity index (χ1v) is 12.2. The molecular weight excluding hydrogens is 442 g/mol. The number of anilines is 2. The van der Waals surface area contributed by atoms with Crippen LogP contribution in [-0.4, -0.2) is 19.3 Å². The first-order valence-electron chi connectivity index (χ1n) is 9.89. The number of benzene rings is 3. The van der Waals surface area contributed by atoms with Crippen molar-refractivity contribution in [3.05, 3.63) is 107 Å². The molecule has 4 rings (SSSR count). The Morgan fingerprint density at radius 3 is 2.31 bits per heavy atom. The Balaban J connectivity index is 1.68. The monoisotopic (exact) mass is 463 g/mol. The summed E-state index contributed by atoms with van der Waals surface area (Å²) in [5.74, 6) is -0.411. The van der Waals surface area contributed by atoms with Gasteiger partial charge in [-0.1, -0.05) is 54.6 Å². The van der Waals surface area contributed by atoms with Gasteiger partial charge in [0.05, 0.1) is 22.8 Å². The zero-order valence-electron chi connectivity index (χ0n) is 17.3. The molecule has 0 unspecified atom stereocenters. The molecule has 0 bridgehead atoms. The van der Waals surface area contributed by atoms with E-state index in [1.54, 1.807) is 36.4 Å². The van der Waals surface area contributed by atoms with E-state index in [-0.39, 0.29) is 17.0 Å². The Hall–Kier alpha value is -3.49. The fourth-order valence-corrected chi connectivity index (χ4v) is 5.35. The summed E-state index contributed by atoms with van der Waals surface area (Å²) in [5.41, 5.74) is 2.45. The van der Waals surface area contributed by atoms with Crippen LogP contribution >= 0.6 is 11.3 Å². The molecule has 1 aromatic heterocycles. The molecule has 4 aromatic rings. The number of para-hydroxylation sites is 1. The van der Waals surface area contributed by atoms with E-state index >= 15 is 0 Å². The minimum Gasteiger partial charge on any atom is -0.298 e. The Morgan fingerprint density at radius 1 is 0.969 bits per heavy atom. The van der Waals surface area contributed by atoms with Crippen LogP contribution in [0.4, 0.5) is 10.8 Å². The maximum absolute atomic E-state index is 13.7. The maximum atomic E-state index is 13.7. The van der Waals surface area contributed by atoms with Crippen LogP contribution in [0.1, 0.15) is 21.6 Å². The highest BCUT2D eigenvalue weighted by atomic mass is 32.2. The molecule has 162 valence electrons. The SMILES string of the molecule is Cc1csc(NC(=O)c2cccc(S(=O)(=O)N(Cc3ccccc3)c3ccccc3)c2)n1. The largest absolute Gasteiger partial charge is 0.298 e. The number of hydrogen-bond donors (Lipinski definition) is 1. The van der Waals surface area contributed by atoms with Gasteiger partial charge < -0.3 is 0 Å². The van der Waals surface area contributed by atoms with E-state index in [9.17, 15) is 13.2 Å². The standard InChI is InChI=1S/C24H21N3O3S2/c1-18-17-31-24(25-18)26-23(28)20-11-8-14-22(15-20)32(29,30)27(21-12-6-3-7-13-21)16-19-9-4-2-5-10-19/h2-15,17H,16H2,1H3,(H,25,26,28). The molecule has 0 saturated heterocycles. The Labute approximate surface area is 191 Å². The second kappa shape index (κ2) is 9.33. The highest BCUT2D eigenvalue weighted by Crippen LogP contribution is 2.26. The number of aryl methyl sites for hydroxylation is 1. The summed E-state index contributed by atoms with van der Waals surface area (Å²) in [6.07, 6.45) is 0. The smallest absolute Gasteiger partial charge is 0.264 e.